The molecule has 2 atom stereocenters. The van der Waals surface area contributed by atoms with E-state index in [0.717, 1.165) is 6.54 Å². The number of likely N-dealkylation sites (N-methyl/N-ethyl adjacent to an activating group) is 1. The average molecular weight is 306 g/mol. The Hall–Kier alpha value is -0.660. The van der Waals surface area contributed by atoms with Crippen LogP contribution in [0.2, 0.25) is 0 Å². The molecule has 0 aromatic rings. The van der Waals surface area contributed by atoms with Crippen molar-refractivity contribution in [3.63, 3.8) is 0 Å². The fourth-order valence-corrected chi connectivity index (χ4v) is 3.92. The maximum absolute atomic E-state index is 11.9. The first-order chi connectivity index (χ1) is 9.24. The summed E-state index contributed by atoms with van der Waals surface area (Å²) in [5.74, 6) is 0.164. The van der Waals surface area contributed by atoms with E-state index in [0.29, 0.717) is 19.4 Å². The van der Waals surface area contributed by atoms with Gasteiger partial charge < -0.3 is 10.1 Å². The highest BCUT2D eigenvalue weighted by Crippen LogP contribution is 2.19. The van der Waals surface area contributed by atoms with Gasteiger partial charge in [-0.1, -0.05) is 0 Å². The Morgan fingerprint density at radius 3 is 2.60 bits per heavy atom. The maximum Gasteiger partial charge on any atom is 0.325 e. The molecule has 1 aliphatic heterocycles. The number of carbonyl (C=O) groups is 1. The van der Waals surface area contributed by atoms with Gasteiger partial charge in [0.2, 0.25) is 0 Å². The molecule has 0 aromatic heterocycles. The highest BCUT2D eigenvalue weighted by Gasteiger charge is 2.36. The fraction of sp³-hybridized carbons (Fsp3) is 0.923. The van der Waals surface area contributed by atoms with Crippen LogP contribution in [0, 0.1) is 0 Å². The molecule has 0 aliphatic carbocycles. The van der Waals surface area contributed by atoms with Gasteiger partial charge in [0.15, 0.2) is 9.84 Å². The van der Waals surface area contributed by atoms with Crippen molar-refractivity contribution in [2.75, 3.05) is 38.8 Å². The molecule has 0 aromatic carbocycles. The van der Waals surface area contributed by atoms with Crippen LogP contribution >= 0.6 is 0 Å². The SMILES string of the molecule is CNC(C)(CC(C)N1CCCS(=O)(=O)CC1)C(=O)OC. The Morgan fingerprint density at radius 2 is 2.05 bits per heavy atom. The highest BCUT2D eigenvalue weighted by molar-refractivity contribution is 7.91. The summed E-state index contributed by atoms with van der Waals surface area (Å²) in [5.41, 5.74) is -0.751. The van der Waals surface area contributed by atoms with Crippen LogP contribution in [0.1, 0.15) is 26.7 Å². The van der Waals surface area contributed by atoms with E-state index >= 15 is 0 Å². The standard InChI is InChI=1S/C13H26N2O4S/c1-11(10-13(2,14-3)12(16)19-4)15-6-5-8-20(17,18)9-7-15/h11,14H,5-10H2,1-4H3. The Labute approximate surface area is 121 Å². The maximum atomic E-state index is 11.9. The molecule has 0 saturated carbocycles. The van der Waals surface area contributed by atoms with Crippen molar-refractivity contribution >= 4 is 15.8 Å². The number of esters is 1. The third-order valence-corrected chi connectivity index (χ3v) is 5.82. The lowest BCUT2D eigenvalue weighted by Gasteiger charge is -2.34. The first-order valence-electron chi connectivity index (χ1n) is 6.96. The van der Waals surface area contributed by atoms with Gasteiger partial charge in [0.1, 0.15) is 5.54 Å². The van der Waals surface area contributed by atoms with E-state index in [4.69, 9.17) is 4.74 Å². The van der Waals surface area contributed by atoms with Gasteiger partial charge in [0, 0.05) is 12.6 Å². The molecule has 0 spiro atoms. The molecule has 1 rings (SSSR count). The topological polar surface area (TPSA) is 75.7 Å². The van der Waals surface area contributed by atoms with Crippen LogP contribution in [0.15, 0.2) is 0 Å². The van der Waals surface area contributed by atoms with Crippen molar-refractivity contribution in [3.05, 3.63) is 0 Å². The molecule has 1 N–H and O–H groups in total. The van der Waals surface area contributed by atoms with Crippen molar-refractivity contribution in [1.82, 2.24) is 10.2 Å². The molecule has 118 valence electrons. The van der Waals surface area contributed by atoms with Crippen molar-refractivity contribution in [3.8, 4) is 0 Å². The van der Waals surface area contributed by atoms with Crippen LogP contribution in [-0.4, -0.2) is 69.6 Å². The number of hydrogen-bond acceptors (Lipinski definition) is 6. The fourth-order valence-electron chi connectivity index (χ4n) is 2.63. The van der Waals surface area contributed by atoms with Gasteiger partial charge >= 0.3 is 5.97 Å². The minimum Gasteiger partial charge on any atom is -0.468 e. The lowest BCUT2D eigenvalue weighted by molar-refractivity contribution is -0.148. The van der Waals surface area contributed by atoms with Gasteiger partial charge in [-0.15, -0.1) is 0 Å². The Bertz CT molecular complexity index is 438. The molecule has 6 nitrogen and oxygen atoms in total. The molecule has 7 heteroatoms. The van der Waals surface area contributed by atoms with Gasteiger partial charge in [0.05, 0.1) is 18.6 Å². The van der Waals surface area contributed by atoms with Crippen LogP contribution in [0.4, 0.5) is 0 Å². The summed E-state index contributed by atoms with van der Waals surface area (Å²) in [6.45, 7) is 5.12. The average Bonchev–Trinajstić information content (AvgIpc) is 2.58. The minimum atomic E-state index is -2.90. The largest absolute Gasteiger partial charge is 0.468 e. The van der Waals surface area contributed by atoms with E-state index in [-0.39, 0.29) is 23.5 Å². The summed E-state index contributed by atoms with van der Waals surface area (Å²) in [7, 11) is 0.204. The van der Waals surface area contributed by atoms with E-state index in [9.17, 15) is 13.2 Å². The van der Waals surface area contributed by atoms with Crippen LogP contribution in [-0.2, 0) is 19.4 Å². The lowest BCUT2D eigenvalue weighted by Crippen LogP contribution is -2.53. The van der Waals surface area contributed by atoms with Crippen molar-refractivity contribution < 1.29 is 17.9 Å². The molecule has 2 unspecified atom stereocenters. The van der Waals surface area contributed by atoms with Gasteiger partial charge in [0.25, 0.3) is 0 Å². The van der Waals surface area contributed by atoms with Crippen LogP contribution in [0.25, 0.3) is 0 Å². The number of nitrogens with zero attached hydrogens (tertiary/aromatic N) is 1. The summed E-state index contributed by atoms with van der Waals surface area (Å²) in [4.78, 5) is 14.0. The number of ether oxygens (including phenoxy) is 1. The van der Waals surface area contributed by atoms with Crippen LogP contribution < -0.4 is 5.32 Å². The predicted molar refractivity (Wildman–Crippen MR) is 78.4 cm³/mol. The third-order valence-electron chi connectivity index (χ3n) is 4.10. The molecule has 0 radical (unpaired) electrons. The highest BCUT2D eigenvalue weighted by atomic mass is 32.2. The number of hydrogen-bond donors (Lipinski definition) is 1. The Balaban J connectivity index is 2.70. The van der Waals surface area contributed by atoms with E-state index in [1.807, 2.05) is 13.8 Å². The summed E-state index contributed by atoms with van der Waals surface area (Å²) in [5, 5.41) is 3.01. The van der Waals surface area contributed by atoms with Gasteiger partial charge in [-0.25, -0.2) is 8.42 Å². The third kappa shape index (κ3) is 4.43. The van der Waals surface area contributed by atoms with Crippen LogP contribution in [0.3, 0.4) is 0 Å². The zero-order valence-electron chi connectivity index (χ0n) is 12.8. The Morgan fingerprint density at radius 1 is 1.40 bits per heavy atom. The zero-order chi connectivity index (χ0) is 15.4. The lowest BCUT2D eigenvalue weighted by atomic mass is 9.93. The quantitative estimate of drug-likeness (QED) is 0.723. The molecule has 1 heterocycles. The second kappa shape index (κ2) is 6.87. The summed E-state index contributed by atoms with van der Waals surface area (Å²) < 4.78 is 28.1. The molecule has 1 aliphatic rings. The van der Waals surface area contributed by atoms with Gasteiger partial charge in [-0.05, 0) is 40.3 Å². The molecule has 1 fully saturated rings. The molecule has 20 heavy (non-hydrogen) atoms. The molecule has 0 amide bonds. The van der Waals surface area contributed by atoms with Crippen LogP contribution in [0.5, 0.6) is 0 Å². The van der Waals surface area contributed by atoms with E-state index in [1.54, 1.807) is 7.05 Å². The summed E-state index contributed by atoms with van der Waals surface area (Å²) in [6.07, 6.45) is 1.23. The number of rotatable bonds is 5. The number of nitrogens with one attached hydrogen (secondary N) is 1. The van der Waals surface area contributed by atoms with Gasteiger partial charge in [-0.3, -0.25) is 9.69 Å². The Kier molecular flexibility index (Phi) is 5.97. The second-order valence-electron chi connectivity index (χ2n) is 5.67. The monoisotopic (exact) mass is 306 g/mol. The number of carbonyl (C=O) groups excluding carboxylic acids is 1. The van der Waals surface area contributed by atoms with Crippen molar-refractivity contribution in [1.29, 1.82) is 0 Å². The second-order valence-corrected chi connectivity index (χ2v) is 7.97. The molecular weight excluding hydrogens is 280 g/mol. The zero-order valence-corrected chi connectivity index (χ0v) is 13.6. The first kappa shape index (κ1) is 17.4. The van der Waals surface area contributed by atoms with E-state index < -0.39 is 15.4 Å². The van der Waals surface area contributed by atoms with Crippen molar-refractivity contribution in [2.45, 2.75) is 38.3 Å². The molecular formula is C13H26N2O4S. The smallest absolute Gasteiger partial charge is 0.325 e. The summed E-state index contributed by atoms with van der Waals surface area (Å²) >= 11 is 0. The molecule has 0 bridgehead atoms. The number of methoxy groups -OCH3 is 1. The normalized spacial score (nSPS) is 24.4. The van der Waals surface area contributed by atoms with Crippen molar-refractivity contribution in [2.24, 2.45) is 0 Å². The first-order valence-corrected chi connectivity index (χ1v) is 8.78. The van der Waals surface area contributed by atoms with E-state index in [2.05, 4.69) is 10.2 Å². The predicted octanol–water partition coefficient (Wildman–Crippen LogP) is 0.0366. The number of sulfone groups is 1. The molecule has 1 saturated heterocycles. The van der Waals surface area contributed by atoms with Gasteiger partial charge in [-0.2, -0.15) is 0 Å². The van der Waals surface area contributed by atoms with E-state index in [1.165, 1.54) is 7.11 Å². The summed E-state index contributed by atoms with van der Waals surface area (Å²) in [6, 6.07) is 0.111. The minimum absolute atomic E-state index is 0.111.